The van der Waals surface area contributed by atoms with Gasteiger partial charge in [-0.3, -0.25) is 19.1 Å². The lowest BCUT2D eigenvalue weighted by atomic mass is 10.4. The standard InChI is InChI=1S/C11H15N3O5S/c1-12-11(6-14(16)17)13-4-5-20(18)8-10-3-2-9(7-15)19-10/h2-3,6-7,12-13H,4-5,8H2,1H3/b11-6+. The molecule has 1 aromatic heterocycles. The highest BCUT2D eigenvalue weighted by Gasteiger charge is 2.07. The number of hydrogen-bond acceptors (Lipinski definition) is 7. The maximum Gasteiger partial charge on any atom is 0.274 e. The fourth-order valence-electron chi connectivity index (χ4n) is 1.37. The van der Waals surface area contributed by atoms with Gasteiger partial charge in [-0.1, -0.05) is 0 Å². The fourth-order valence-corrected chi connectivity index (χ4v) is 2.32. The van der Waals surface area contributed by atoms with Crippen molar-refractivity contribution in [3.63, 3.8) is 0 Å². The monoisotopic (exact) mass is 301 g/mol. The maximum absolute atomic E-state index is 11.8. The van der Waals surface area contributed by atoms with Crippen molar-refractivity contribution in [1.82, 2.24) is 10.6 Å². The van der Waals surface area contributed by atoms with Crippen molar-refractivity contribution in [2.45, 2.75) is 5.75 Å². The molecule has 20 heavy (non-hydrogen) atoms. The summed E-state index contributed by atoms with van der Waals surface area (Å²) in [7, 11) is 0.357. The zero-order chi connectivity index (χ0) is 15.0. The van der Waals surface area contributed by atoms with Gasteiger partial charge in [0, 0.05) is 30.1 Å². The molecular weight excluding hydrogens is 286 g/mol. The van der Waals surface area contributed by atoms with Crippen LogP contribution in [0.4, 0.5) is 0 Å². The molecule has 0 saturated heterocycles. The summed E-state index contributed by atoms with van der Waals surface area (Å²) >= 11 is 0. The molecule has 0 aromatic carbocycles. The smallest absolute Gasteiger partial charge is 0.274 e. The minimum Gasteiger partial charge on any atom is -0.457 e. The molecule has 0 amide bonds. The molecule has 0 spiro atoms. The summed E-state index contributed by atoms with van der Waals surface area (Å²) in [6.45, 7) is 0.314. The lowest BCUT2D eigenvalue weighted by Crippen LogP contribution is -2.28. The molecule has 1 aromatic rings. The predicted molar refractivity (Wildman–Crippen MR) is 72.9 cm³/mol. The second-order valence-electron chi connectivity index (χ2n) is 3.72. The summed E-state index contributed by atoms with van der Waals surface area (Å²) in [5, 5.41) is 15.7. The molecule has 2 N–H and O–H groups in total. The molecule has 1 rings (SSSR count). The van der Waals surface area contributed by atoms with E-state index in [9.17, 15) is 19.1 Å². The quantitative estimate of drug-likeness (QED) is 0.381. The summed E-state index contributed by atoms with van der Waals surface area (Å²) in [6, 6.07) is 3.11. The first-order chi connectivity index (χ1) is 9.55. The fraction of sp³-hybridized carbons (Fsp3) is 0.364. The van der Waals surface area contributed by atoms with Gasteiger partial charge in [-0.05, 0) is 12.1 Å². The van der Waals surface area contributed by atoms with Gasteiger partial charge in [-0.25, -0.2) is 0 Å². The Bertz CT molecular complexity index is 526. The summed E-state index contributed by atoms with van der Waals surface area (Å²) in [6.07, 6.45) is 1.38. The molecule has 110 valence electrons. The lowest BCUT2D eigenvalue weighted by molar-refractivity contribution is -0.404. The molecule has 8 nitrogen and oxygen atoms in total. The van der Waals surface area contributed by atoms with E-state index in [0.29, 0.717) is 24.3 Å². The molecule has 0 bridgehead atoms. The van der Waals surface area contributed by atoms with Crippen LogP contribution in [0.2, 0.25) is 0 Å². The molecule has 0 fully saturated rings. The number of carbonyl (C=O) groups is 1. The van der Waals surface area contributed by atoms with Gasteiger partial charge < -0.3 is 15.1 Å². The zero-order valence-corrected chi connectivity index (χ0v) is 11.6. The molecule has 0 aliphatic heterocycles. The van der Waals surface area contributed by atoms with Crippen LogP contribution in [0.25, 0.3) is 0 Å². The van der Waals surface area contributed by atoms with Crippen LogP contribution < -0.4 is 10.6 Å². The SMILES string of the molecule is CN/C(=C\[N+](=O)[O-])NCCS(=O)Cc1ccc(C=O)o1. The molecule has 0 aliphatic rings. The minimum absolute atomic E-state index is 0.196. The highest BCUT2D eigenvalue weighted by molar-refractivity contribution is 7.84. The first kappa shape index (κ1) is 15.9. The molecule has 9 heteroatoms. The van der Waals surface area contributed by atoms with E-state index >= 15 is 0 Å². The maximum atomic E-state index is 11.8. The minimum atomic E-state index is -1.19. The van der Waals surface area contributed by atoms with E-state index in [1.165, 1.54) is 6.07 Å². The van der Waals surface area contributed by atoms with E-state index in [0.717, 1.165) is 6.20 Å². The number of rotatable bonds is 9. The number of nitrogens with one attached hydrogen (secondary N) is 2. The average Bonchev–Trinajstić information content (AvgIpc) is 2.84. The van der Waals surface area contributed by atoms with Gasteiger partial charge in [0.2, 0.25) is 0 Å². The topological polar surface area (TPSA) is 114 Å². The zero-order valence-electron chi connectivity index (χ0n) is 10.8. The third kappa shape index (κ3) is 5.65. The van der Waals surface area contributed by atoms with Gasteiger partial charge in [-0.15, -0.1) is 0 Å². The van der Waals surface area contributed by atoms with E-state index in [1.54, 1.807) is 13.1 Å². The first-order valence-electron chi connectivity index (χ1n) is 5.71. The van der Waals surface area contributed by atoms with Crippen LogP contribution in [0.1, 0.15) is 16.3 Å². The van der Waals surface area contributed by atoms with Crippen molar-refractivity contribution in [3.05, 3.63) is 45.8 Å². The Kier molecular flexibility index (Phi) is 6.44. The third-order valence-electron chi connectivity index (χ3n) is 2.25. The normalized spacial score (nSPS) is 12.8. The highest BCUT2D eigenvalue weighted by Crippen LogP contribution is 2.08. The number of aldehydes is 1. The van der Waals surface area contributed by atoms with Crippen LogP contribution >= 0.6 is 0 Å². The van der Waals surface area contributed by atoms with Crippen molar-refractivity contribution in [2.24, 2.45) is 0 Å². The largest absolute Gasteiger partial charge is 0.457 e. The number of carbonyl (C=O) groups excluding carboxylic acids is 1. The van der Waals surface area contributed by atoms with Gasteiger partial charge in [0.15, 0.2) is 17.9 Å². The summed E-state index contributed by atoms with van der Waals surface area (Å²) in [5.41, 5.74) is 0. The van der Waals surface area contributed by atoms with Crippen molar-refractivity contribution in [1.29, 1.82) is 0 Å². The number of furan rings is 1. The van der Waals surface area contributed by atoms with Crippen LogP contribution in [0.3, 0.4) is 0 Å². The van der Waals surface area contributed by atoms with Crippen LogP contribution in [0.15, 0.2) is 28.6 Å². The van der Waals surface area contributed by atoms with Crippen molar-refractivity contribution >= 4 is 17.1 Å². The van der Waals surface area contributed by atoms with Gasteiger partial charge >= 0.3 is 0 Å². The van der Waals surface area contributed by atoms with Crippen molar-refractivity contribution < 1.29 is 18.3 Å². The van der Waals surface area contributed by atoms with E-state index in [1.807, 2.05) is 0 Å². The van der Waals surface area contributed by atoms with Gasteiger partial charge in [0.25, 0.3) is 6.20 Å². The number of nitro groups is 1. The van der Waals surface area contributed by atoms with Crippen LogP contribution in [-0.2, 0) is 16.6 Å². The third-order valence-corrected chi connectivity index (χ3v) is 3.52. The van der Waals surface area contributed by atoms with E-state index in [-0.39, 0.29) is 17.3 Å². The molecule has 0 radical (unpaired) electrons. The molecule has 0 aliphatic carbocycles. The lowest BCUT2D eigenvalue weighted by Gasteiger charge is -2.07. The summed E-state index contributed by atoms with van der Waals surface area (Å²) in [4.78, 5) is 20.1. The predicted octanol–water partition coefficient (Wildman–Crippen LogP) is 0.225. The molecule has 1 unspecified atom stereocenters. The van der Waals surface area contributed by atoms with E-state index in [2.05, 4.69) is 10.6 Å². The molecule has 1 heterocycles. The summed E-state index contributed by atoms with van der Waals surface area (Å²) in [5.74, 6) is 1.41. The van der Waals surface area contributed by atoms with Gasteiger partial charge in [0.1, 0.15) is 5.76 Å². The van der Waals surface area contributed by atoms with Gasteiger partial charge in [-0.2, -0.15) is 0 Å². The second kappa shape index (κ2) is 8.10. The van der Waals surface area contributed by atoms with Crippen LogP contribution in [0.5, 0.6) is 0 Å². The van der Waals surface area contributed by atoms with E-state index < -0.39 is 15.7 Å². The van der Waals surface area contributed by atoms with Crippen molar-refractivity contribution in [2.75, 3.05) is 19.3 Å². The first-order valence-corrected chi connectivity index (χ1v) is 7.19. The Morgan fingerprint density at radius 2 is 2.30 bits per heavy atom. The summed E-state index contributed by atoms with van der Waals surface area (Å²) < 4.78 is 16.9. The highest BCUT2D eigenvalue weighted by atomic mass is 32.2. The number of hydrogen-bond donors (Lipinski definition) is 2. The van der Waals surface area contributed by atoms with Crippen LogP contribution in [0, 0.1) is 10.1 Å². The van der Waals surface area contributed by atoms with Crippen molar-refractivity contribution in [3.8, 4) is 0 Å². The second-order valence-corrected chi connectivity index (χ2v) is 5.29. The van der Waals surface area contributed by atoms with E-state index in [4.69, 9.17) is 4.42 Å². The molecule has 0 saturated carbocycles. The Morgan fingerprint density at radius 3 is 2.85 bits per heavy atom. The number of nitrogens with zero attached hydrogens (tertiary/aromatic N) is 1. The Morgan fingerprint density at radius 1 is 1.55 bits per heavy atom. The molecule has 1 atom stereocenters. The Hall–Kier alpha value is -2.16. The average molecular weight is 301 g/mol. The Labute approximate surface area is 117 Å². The van der Waals surface area contributed by atoms with Crippen LogP contribution in [-0.4, -0.2) is 34.8 Å². The molecular formula is C11H15N3O5S. The van der Waals surface area contributed by atoms with Gasteiger partial charge in [0.05, 0.1) is 10.7 Å². The Balaban J connectivity index is 2.36.